The van der Waals surface area contributed by atoms with Gasteiger partial charge in [0.1, 0.15) is 5.82 Å². The van der Waals surface area contributed by atoms with Gasteiger partial charge in [0.25, 0.3) is 0 Å². The van der Waals surface area contributed by atoms with Crippen LogP contribution < -0.4 is 10.6 Å². The highest BCUT2D eigenvalue weighted by Crippen LogP contribution is 2.14. The van der Waals surface area contributed by atoms with Crippen molar-refractivity contribution >= 4 is 5.91 Å². The number of carbonyl (C=O) groups is 1. The maximum atomic E-state index is 13.5. The quantitative estimate of drug-likeness (QED) is 0.830. The van der Waals surface area contributed by atoms with Crippen molar-refractivity contribution in [2.24, 2.45) is 0 Å². The first-order valence-corrected chi connectivity index (χ1v) is 6.69. The number of halogens is 1. The molecule has 0 saturated carbocycles. The Morgan fingerprint density at radius 3 is 2.42 bits per heavy atom. The van der Waals surface area contributed by atoms with E-state index in [0.29, 0.717) is 24.1 Å². The summed E-state index contributed by atoms with van der Waals surface area (Å²) in [7, 11) is 0. The molecule has 0 aromatic heterocycles. The van der Waals surface area contributed by atoms with Gasteiger partial charge in [0.2, 0.25) is 5.91 Å². The molecule has 0 saturated heterocycles. The zero-order valence-corrected chi connectivity index (χ0v) is 12.1. The summed E-state index contributed by atoms with van der Waals surface area (Å²) in [5.41, 5.74) is 2.16. The summed E-state index contributed by atoms with van der Waals surface area (Å²) in [5.74, 6) is -0.163. The maximum absolute atomic E-state index is 13.5. The third kappa shape index (κ3) is 4.99. The number of carbonyl (C=O) groups excluding carboxylic acids is 1. The molecule has 0 radical (unpaired) electrons. The van der Waals surface area contributed by atoms with E-state index in [2.05, 4.69) is 10.6 Å². The number of nitrogens with one attached hydrogen (secondary N) is 2. The molecule has 3 nitrogen and oxygen atoms in total. The maximum Gasteiger partial charge on any atom is 0.221 e. The highest BCUT2D eigenvalue weighted by Gasteiger charge is 2.09. The van der Waals surface area contributed by atoms with Gasteiger partial charge in [-0.25, -0.2) is 4.39 Å². The lowest BCUT2D eigenvalue weighted by atomic mass is 10.1. The molecule has 0 aliphatic rings. The Morgan fingerprint density at radius 2 is 1.89 bits per heavy atom. The molecule has 0 bridgehead atoms. The van der Waals surface area contributed by atoms with Crippen molar-refractivity contribution in [1.82, 2.24) is 10.6 Å². The third-order valence-corrected chi connectivity index (χ3v) is 3.03. The molecule has 4 heteroatoms. The van der Waals surface area contributed by atoms with Gasteiger partial charge in [0.05, 0.1) is 0 Å². The highest BCUT2D eigenvalue weighted by molar-refractivity contribution is 5.76. The van der Waals surface area contributed by atoms with Crippen LogP contribution in [0.2, 0.25) is 0 Å². The van der Waals surface area contributed by atoms with Gasteiger partial charge in [-0.15, -0.1) is 0 Å². The number of rotatable bonds is 6. The molecule has 0 heterocycles. The first-order chi connectivity index (χ1) is 8.93. The van der Waals surface area contributed by atoms with Crippen LogP contribution in [0.5, 0.6) is 0 Å². The minimum Gasteiger partial charge on any atom is -0.352 e. The summed E-state index contributed by atoms with van der Waals surface area (Å²) in [6.45, 7) is 8.76. The Morgan fingerprint density at radius 1 is 1.32 bits per heavy atom. The molecule has 1 unspecified atom stereocenters. The van der Waals surface area contributed by atoms with Crippen LogP contribution in [0.25, 0.3) is 0 Å². The minimum atomic E-state index is -0.171. The van der Waals surface area contributed by atoms with Gasteiger partial charge in [-0.1, -0.05) is 19.1 Å². The van der Waals surface area contributed by atoms with Crippen LogP contribution in [0.1, 0.15) is 37.0 Å². The standard InChI is InChI=1S/C15H23FN2O/c1-5-17-12(4)8-14(19)18-9-13-6-10(2)15(16)11(3)7-13/h6-7,12,17H,5,8-9H2,1-4H3,(H,18,19). The molecule has 0 aliphatic heterocycles. The van der Waals surface area contributed by atoms with E-state index in [9.17, 15) is 9.18 Å². The lowest BCUT2D eigenvalue weighted by molar-refractivity contribution is -0.121. The van der Waals surface area contributed by atoms with Crippen LogP contribution in [0.4, 0.5) is 4.39 Å². The molecular formula is C15H23FN2O. The first kappa shape index (κ1) is 15.6. The van der Waals surface area contributed by atoms with E-state index in [1.807, 2.05) is 13.8 Å². The van der Waals surface area contributed by atoms with Crippen molar-refractivity contribution in [2.75, 3.05) is 6.54 Å². The summed E-state index contributed by atoms with van der Waals surface area (Å²) in [5, 5.41) is 6.05. The monoisotopic (exact) mass is 266 g/mol. The van der Waals surface area contributed by atoms with Crippen LogP contribution in [0.15, 0.2) is 12.1 Å². The van der Waals surface area contributed by atoms with Crippen molar-refractivity contribution in [3.63, 3.8) is 0 Å². The van der Waals surface area contributed by atoms with E-state index in [1.54, 1.807) is 26.0 Å². The van der Waals surface area contributed by atoms with E-state index >= 15 is 0 Å². The molecule has 106 valence electrons. The van der Waals surface area contributed by atoms with E-state index < -0.39 is 0 Å². The van der Waals surface area contributed by atoms with E-state index in [-0.39, 0.29) is 17.8 Å². The van der Waals surface area contributed by atoms with E-state index in [1.165, 1.54) is 0 Å². The normalized spacial score (nSPS) is 12.3. The summed E-state index contributed by atoms with van der Waals surface area (Å²) in [6.07, 6.45) is 0.451. The molecular weight excluding hydrogens is 243 g/mol. The average Bonchev–Trinajstić information content (AvgIpc) is 2.33. The second kappa shape index (κ2) is 7.24. The van der Waals surface area contributed by atoms with Crippen LogP contribution in [-0.4, -0.2) is 18.5 Å². The zero-order chi connectivity index (χ0) is 14.4. The second-order valence-electron chi connectivity index (χ2n) is 4.98. The smallest absolute Gasteiger partial charge is 0.221 e. The second-order valence-corrected chi connectivity index (χ2v) is 4.98. The van der Waals surface area contributed by atoms with Crippen molar-refractivity contribution < 1.29 is 9.18 Å². The van der Waals surface area contributed by atoms with Crippen LogP contribution >= 0.6 is 0 Å². The van der Waals surface area contributed by atoms with Gasteiger partial charge in [-0.05, 0) is 44.0 Å². The molecule has 0 aliphatic carbocycles. The fourth-order valence-corrected chi connectivity index (χ4v) is 2.11. The fourth-order valence-electron chi connectivity index (χ4n) is 2.11. The van der Waals surface area contributed by atoms with Gasteiger partial charge in [-0.3, -0.25) is 4.79 Å². The van der Waals surface area contributed by atoms with Crippen molar-refractivity contribution in [3.8, 4) is 0 Å². The van der Waals surface area contributed by atoms with E-state index in [0.717, 1.165) is 12.1 Å². The van der Waals surface area contributed by atoms with Gasteiger partial charge in [0.15, 0.2) is 0 Å². The predicted octanol–water partition coefficient (Wildman–Crippen LogP) is 2.45. The van der Waals surface area contributed by atoms with Gasteiger partial charge in [0, 0.05) is 19.0 Å². The largest absolute Gasteiger partial charge is 0.352 e. The minimum absolute atomic E-state index is 0.00748. The summed E-state index contributed by atoms with van der Waals surface area (Å²) in [6, 6.07) is 3.72. The van der Waals surface area contributed by atoms with Crippen molar-refractivity contribution in [1.29, 1.82) is 0 Å². The Bertz CT molecular complexity index is 423. The van der Waals surface area contributed by atoms with Crippen molar-refractivity contribution in [3.05, 3.63) is 34.6 Å². The summed E-state index contributed by atoms with van der Waals surface area (Å²) < 4.78 is 13.5. The topological polar surface area (TPSA) is 41.1 Å². The summed E-state index contributed by atoms with van der Waals surface area (Å²) >= 11 is 0. The number of hydrogen-bond acceptors (Lipinski definition) is 2. The highest BCUT2D eigenvalue weighted by atomic mass is 19.1. The molecule has 0 spiro atoms. The molecule has 1 aromatic rings. The van der Waals surface area contributed by atoms with Gasteiger partial charge < -0.3 is 10.6 Å². The fraction of sp³-hybridized carbons (Fsp3) is 0.533. The number of hydrogen-bond donors (Lipinski definition) is 2. The number of benzene rings is 1. The molecule has 0 fully saturated rings. The predicted molar refractivity (Wildman–Crippen MR) is 75.5 cm³/mol. The Hall–Kier alpha value is -1.42. The molecule has 2 N–H and O–H groups in total. The molecule has 1 rings (SSSR count). The zero-order valence-electron chi connectivity index (χ0n) is 12.1. The lowest BCUT2D eigenvalue weighted by Crippen LogP contribution is -2.33. The van der Waals surface area contributed by atoms with E-state index in [4.69, 9.17) is 0 Å². The Kier molecular flexibility index (Phi) is 5.96. The van der Waals surface area contributed by atoms with Crippen LogP contribution in [0, 0.1) is 19.7 Å². The molecule has 19 heavy (non-hydrogen) atoms. The number of aryl methyl sites for hydroxylation is 2. The van der Waals surface area contributed by atoms with Crippen LogP contribution in [0.3, 0.4) is 0 Å². The number of amides is 1. The SMILES string of the molecule is CCNC(C)CC(=O)NCc1cc(C)c(F)c(C)c1. The average molecular weight is 266 g/mol. The van der Waals surface area contributed by atoms with Gasteiger partial charge >= 0.3 is 0 Å². The van der Waals surface area contributed by atoms with Crippen LogP contribution in [-0.2, 0) is 11.3 Å². The Labute approximate surface area is 114 Å². The van der Waals surface area contributed by atoms with Gasteiger partial charge in [-0.2, -0.15) is 0 Å². The summed E-state index contributed by atoms with van der Waals surface area (Å²) in [4.78, 5) is 11.7. The molecule has 1 aromatic carbocycles. The lowest BCUT2D eigenvalue weighted by Gasteiger charge is -2.13. The molecule has 1 amide bonds. The Balaban J connectivity index is 2.51. The van der Waals surface area contributed by atoms with Crippen molar-refractivity contribution in [2.45, 2.75) is 46.7 Å². The molecule has 1 atom stereocenters. The third-order valence-electron chi connectivity index (χ3n) is 3.03. The first-order valence-electron chi connectivity index (χ1n) is 6.69.